The van der Waals surface area contributed by atoms with E-state index in [1.807, 2.05) is 12.1 Å². The third-order valence-corrected chi connectivity index (χ3v) is 3.21. The van der Waals surface area contributed by atoms with Crippen LogP contribution in [-0.4, -0.2) is 13.1 Å². The zero-order chi connectivity index (χ0) is 12.5. The number of rotatable bonds is 8. The maximum Gasteiger partial charge on any atom is 0.0408 e. The molecule has 1 rings (SSSR count). The van der Waals surface area contributed by atoms with Crippen molar-refractivity contribution in [3.05, 3.63) is 34.9 Å². The molecule has 17 heavy (non-hydrogen) atoms. The van der Waals surface area contributed by atoms with Crippen molar-refractivity contribution >= 4 is 11.6 Å². The highest BCUT2D eigenvalue weighted by Crippen LogP contribution is 2.17. The van der Waals surface area contributed by atoms with E-state index >= 15 is 0 Å². The molecule has 0 fully saturated rings. The smallest absolute Gasteiger partial charge is 0.0408 e. The first kappa shape index (κ1) is 14.5. The summed E-state index contributed by atoms with van der Waals surface area (Å²) in [7, 11) is 0. The van der Waals surface area contributed by atoms with Crippen LogP contribution in [0.1, 0.15) is 38.7 Å². The predicted molar refractivity (Wildman–Crippen MR) is 76.7 cm³/mol. The molecule has 0 saturated heterocycles. The predicted octanol–water partition coefficient (Wildman–Crippen LogP) is 4.30. The Balaban J connectivity index is 2.47. The molecular formula is C15H24ClN. The third-order valence-electron chi connectivity index (χ3n) is 2.97. The van der Waals surface area contributed by atoms with Gasteiger partial charge in [0, 0.05) is 5.02 Å². The van der Waals surface area contributed by atoms with Gasteiger partial charge in [0.05, 0.1) is 0 Å². The third kappa shape index (κ3) is 6.09. The highest BCUT2D eigenvalue weighted by molar-refractivity contribution is 6.30. The summed E-state index contributed by atoms with van der Waals surface area (Å²) >= 11 is 6.02. The van der Waals surface area contributed by atoms with Crippen LogP contribution in [0.4, 0.5) is 0 Å². The van der Waals surface area contributed by atoms with Crippen molar-refractivity contribution < 1.29 is 0 Å². The number of hydrogen-bond donors (Lipinski definition) is 1. The Morgan fingerprint density at radius 1 is 1.24 bits per heavy atom. The molecule has 0 bridgehead atoms. The van der Waals surface area contributed by atoms with E-state index in [4.69, 9.17) is 11.6 Å². The molecule has 1 unspecified atom stereocenters. The van der Waals surface area contributed by atoms with E-state index in [9.17, 15) is 0 Å². The quantitative estimate of drug-likeness (QED) is 0.682. The van der Waals surface area contributed by atoms with Gasteiger partial charge in [-0.1, -0.05) is 44.0 Å². The van der Waals surface area contributed by atoms with Gasteiger partial charge >= 0.3 is 0 Å². The van der Waals surface area contributed by atoms with Crippen LogP contribution in [0.3, 0.4) is 0 Å². The number of halogens is 1. The van der Waals surface area contributed by atoms with Gasteiger partial charge < -0.3 is 5.32 Å². The first-order valence-electron chi connectivity index (χ1n) is 6.71. The Morgan fingerprint density at radius 3 is 2.71 bits per heavy atom. The van der Waals surface area contributed by atoms with Crippen LogP contribution in [0, 0.1) is 5.92 Å². The van der Waals surface area contributed by atoms with Gasteiger partial charge in [-0.2, -0.15) is 0 Å². The minimum atomic E-state index is 0.727. The van der Waals surface area contributed by atoms with Gasteiger partial charge in [-0.15, -0.1) is 0 Å². The fourth-order valence-electron chi connectivity index (χ4n) is 2.16. The second-order valence-electron chi connectivity index (χ2n) is 4.69. The lowest BCUT2D eigenvalue weighted by molar-refractivity contribution is 0.439. The molecule has 1 aromatic rings. The van der Waals surface area contributed by atoms with E-state index in [1.165, 1.54) is 24.8 Å². The molecule has 0 aromatic heterocycles. The number of benzene rings is 1. The van der Waals surface area contributed by atoms with Crippen molar-refractivity contribution in [1.82, 2.24) is 5.32 Å². The Morgan fingerprint density at radius 2 is 2.06 bits per heavy atom. The van der Waals surface area contributed by atoms with Gasteiger partial charge in [0.25, 0.3) is 0 Å². The second kappa shape index (κ2) is 8.54. The van der Waals surface area contributed by atoms with Gasteiger partial charge in [-0.25, -0.2) is 0 Å². The largest absolute Gasteiger partial charge is 0.316 e. The van der Waals surface area contributed by atoms with Crippen LogP contribution in [0.15, 0.2) is 24.3 Å². The highest BCUT2D eigenvalue weighted by Gasteiger charge is 2.08. The Kier molecular flexibility index (Phi) is 7.30. The number of nitrogens with one attached hydrogen (secondary N) is 1. The zero-order valence-corrected chi connectivity index (χ0v) is 11.8. The summed E-state index contributed by atoms with van der Waals surface area (Å²) in [4.78, 5) is 0. The number of hydrogen-bond acceptors (Lipinski definition) is 1. The Bertz CT molecular complexity index is 312. The summed E-state index contributed by atoms with van der Waals surface area (Å²) in [5.41, 5.74) is 1.36. The van der Waals surface area contributed by atoms with Crippen LogP contribution < -0.4 is 5.32 Å². The van der Waals surface area contributed by atoms with Crippen LogP contribution in [0.5, 0.6) is 0 Å². The van der Waals surface area contributed by atoms with Gasteiger partial charge in [0.2, 0.25) is 0 Å². The van der Waals surface area contributed by atoms with Crippen molar-refractivity contribution in [2.24, 2.45) is 5.92 Å². The van der Waals surface area contributed by atoms with Crippen molar-refractivity contribution in [2.75, 3.05) is 13.1 Å². The molecule has 0 saturated carbocycles. The molecule has 0 amide bonds. The van der Waals surface area contributed by atoms with E-state index in [2.05, 4.69) is 31.3 Å². The molecule has 0 spiro atoms. The van der Waals surface area contributed by atoms with Crippen LogP contribution in [-0.2, 0) is 6.42 Å². The minimum Gasteiger partial charge on any atom is -0.316 e. The Labute approximate surface area is 111 Å². The zero-order valence-electron chi connectivity index (χ0n) is 11.0. The van der Waals surface area contributed by atoms with Gasteiger partial charge in [-0.05, 0) is 56.0 Å². The molecular weight excluding hydrogens is 230 g/mol. The monoisotopic (exact) mass is 253 g/mol. The standard InChI is InChI=1S/C15H24ClN/c1-3-6-14(12-17-9-4-2)10-13-7-5-8-15(16)11-13/h5,7-8,11,14,17H,3-4,6,9-10,12H2,1-2H3. The summed E-state index contributed by atoms with van der Waals surface area (Å²) in [6, 6.07) is 8.24. The van der Waals surface area contributed by atoms with E-state index in [0.717, 1.165) is 30.5 Å². The molecule has 1 atom stereocenters. The summed E-state index contributed by atoms with van der Waals surface area (Å²) in [5.74, 6) is 0.727. The highest BCUT2D eigenvalue weighted by atomic mass is 35.5. The molecule has 0 aliphatic heterocycles. The molecule has 2 heteroatoms. The van der Waals surface area contributed by atoms with E-state index in [1.54, 1.807) is 0 Å². The van der Waals surface area contributed by atoms with Crippen LogP contribution in [0.2, 0.25) is 5.02 Å². The second-order valence-corrected chi connectivity index (χ2v) is 5.13. The van der Waals surface area contributed by atoms with Crippen molar-refractivity contribution in [1.29, 1.82) is 0 Å². The Hall–Kier alpha value is -0.530. The molecule has 1 aromatic carbocycles. The molecule has 0 radical (unpaired) electrons. The molecule has 0 aliphatic rings. The van der Waals surface area contributed by atoms with Gasteiger partial charge in [0.15, 0.2) is 0 Å². The average molecular weight is 254 g/mol. The lowest BCUT2D eigenvalue weighted by Crippen LogP contribution is -2.25. The summed E-state index contributed by atoms with van der Waals surface area (Å²) < 4.78 is 0. The van der Waals surface area contributed by atoms with Crippen molar-refractivity contribution in [3.63, 3.8) is 0 Å². The van der Waals surface area contributed by atoms with E-state index < -0.39 is 0 Å². The molecule has 1 N–H and O–H groups in total. The maximum absolute atomic E-state index is 6.02. The van der Waals surface area contributed by atoms with Crippen LogP contribution >= 0.6 is 11.6 Å². The van der Waals surface area contributed by atoms with Crippen molar-refractivity contribution in [3.8, 4) is 0 Å². The topological polar surface area (TPSA) is 12.0 Å². The van der Waals surface area contributed by atoms with E-state index in [0.29, 0.717) is 0 Å². The first-order chi connectivity index (χ1) is 8.26. The SMILES string of the molecule is CCCNCC(CCC)Cc1cccc(Cl)c1. The van der Waals surface area contributed by atoms with Gasteiger partial charge in [-0.3, -0.25) is 0 Å². The van der Waals surface area contributed by atoms with Gasteiger partial charge in [0.1, 0.15) is 0 Å². The lowest BCUT2D eigenvalue weighted by atomic mass is 9.95. The summed E-state index contributed by atoms with van der Waals surface area (Å²) in [6.45, 7) is 6.70. The van der Waals surface area contributed by atoms with Crippen molar-refractivity contribution in [2.45, 2.75) is 39.5 Å². The fourth-order valence-corrected chi connectivity index (χ4v) is 2.38. The average Bonchev–Trinajstić information content (AvgIpc) is 2.29. The fraction of sp³-hybridized carbons (Fsp3) is 0.600. The van der Waals surface area contributed by atoms with Crippen LogP contribution in [0.25, 0.3) is 0 Å². The normalized spacial score (nSPS) is 12.6. The molecule has 0 aliphatic carbocycles. The first-order valence-corrected chi connectivity index (χ1v) is 7.09. The lowest BCUT2D eigenvalue weighted by Gasteiger charge is -2.17. The maximum atomic E-state index is 6.02. The molecule has 1 nitrogen and oxygen atoms in total. The van der Waals surface area contributed by atoms with E-state index in [-0.39, 0.29) is 0 Å². The molecule has 0 heterocycles. The summed E-state index contributed by atoms with van der Waals surface area (Å²) in [6.07, 6.45) is 4.86. The summed E-state index contributed by atoms with van der Waals surface area (Å²) in [5, 5.41) is 4.37. The molecule has 96 valence electrons. The minimum absolute atomic E-state index is 0.727.